The third-order valence-electron chi connectivity index (χ3n) is 8.27. The minimum absolute atomic E-state index is 0.173. The Morgan fingerprint density at radius 1 is 0.478 bits per heavy atom. The van der Waals surface area contributed by atoms with E-state index < -0.39 is 0 Å². The van der Waals surface area contributed by atoms with Gasteiger partial charge in [-0.15, -0.1) is 0 Å². The summed E-state index contributed by atoms with van der Waals surface area (Å²) in [6, 6.07) is 34.6. The number of phenolic OH excluding ortho intramolecular Hbond substituents is 4. The van der Waals surface area contributed by atoms with Crippen molar-refractivity contribution in [1.29, 1.82) is 0 Å². The highest BCUT2D eigenvalue weighted by molar-refractivity contribution is 5.85. The maximum absolute atomic E-state index is 10.2. The first kappa shape index (κ1) is 28.7. The minimum Gasteiger partial charge on any atom is -0.507 e. The van der Waals surface area contributed by atoms with Gasteiger partial charge in [0.25, 0.3) is 0 Å². The van der Waals surface area contributed by atoms with Crippen LogP contribution in [0.25, 0.3) is 50.8 Å². The molecule has 4 N–H and O–H groups in total. The summed E-state index contributed by atoms with van der Waals surface area (Å²) in [6.07, 6.45) is 5.05. The number of aromatic hydroxyl groups is 4. The Balaban J connectivity index is 0.000000147. The first-order chi connectivity index (χ1) is 22.5. The van der Waals surface area contributed by atoms with Crippen molar-refractivity contribution >= 4 is 5.52 Å². The zero-order valence-corrected chi connectivity index (χ0v) is 25.0. The fraction of sp³-hybridized carbons (Fsp3) is 0.105. The molecule has 0 aliphatic carbocycles. The molecule has 8 rings (SSSR count). The molecular weight excluding hydrogens is 576 g/mol. The number of pyridine rings is 1. The zero-order chi connectivity index (χ0) is 31.6. The molecule has 0 unspecified atom stereocenters. The highest BCUT2D eigenvalue weighted by Crippen LogP contribution is 2.39. The van der Waals surface area contributed by atoms with Crippen molar-refractivity contribution in [2.75, 3.05) is 0 Å². The molecule has 7 aromatic rings. The molecule has 0 saturated heterocycles. The summed E-state index contributed by atoms with van der Waals surface area (Å²) in [5.74, 6) is 2.23. The molecule has 0 spiro atoms. The molecule has 1 aliphatic heterocycles. The predicted octanol–water partition coefficient (Wildman–Crippen LogP) is 8.04. The van der Waals surface area contributed by atoms with Crippen LogP contribution in [0.5, 0.6) is 23.0 Å². The van der Waals surface area contributed by atoms with E-state index in [1.807, 2.05) is 89.5 Å². The van der Waals surface area contributed by atoms with Crippen LogP contribution in [0.1, 0.15) is 18.5 Å². The first-order valence-electron chi connectivity index (χ1n) is 15.2. The number of nitrogens with zero attached hydrogens (tertiary/aromatic N) is 4. The fourth-order valence-corrected chi connectivity index (χ4v) is 6.06. The van der Waals surface area contributed by atoms with Gasteiger partial charge in [-0.05, 0) is 79.9 Å². The summed E-state index contributed by atoms with van der Waals surface area (Å²) in [7, 11) is 0. The molecule has 0 saturated carbocycles. The quantitative estimate of drug-likeness (QED) is 0.161. The summed E-state index contributed by atoms with van der Waals surface area (Å²) in [5.41, 5.74) is 6.30. The van der Waals surface area contributed by atoms with Crippen LogP contribution in [-0.2, 0) is 13.0 Å². The zero-order valence-electron chi connectivity index (χ0n) is 25.0. The topological polar surface area (TPSA) is 116 Å². The van der Waals surface area contributed by atoms with E-state index in [4.69, 9.17) is 9.97 Å². The standard InChI is InChI=1S/C19H18N2O2.C19H14N2O2/c2*22-16-10-3-1-7-13(16)18-15-9-5-6-12-21(15)19(20-18)14-8-2-4-11-17(14)23/h1-4,7-8,10-11,22-23H,5-6,9,12H2;1-12,22-23H. The fourth-order valence-electron chi connectivity index (χ4n) is 6.06. The lowest BCUT2D eigenvalue weighted by atomic mass is 10.0. The predicted molar refractivity (Wildman–Crippen MR) is 179 cm³/mol. The van der Waals surface area contributed by atoms with E-state index in [0.29, 0.717) is 22.6 Å². The molecule has 46 heavy (non-hydrogen) atoms. The summed E-state index contributed by atoms with van der Waals surface area (Å²) in [5, 5.41) is 40.7. The lowest BCUT2D eigenvalue weighted by Gasteiger charge is -2.18. The van der Waals surface area contributed by atoms with Crippen molar-refractivity contribution in [3.63, 3.8) is 0 Å². The largest absolute Gasteiger partial charge is 0.507 e. The van der Waals surface area contributed by atoms with Gasteiger partial charge in [-0.25, -0.2) is 9.97 Å². The van der Waals surface area contributed by atoms with Gasteiger partial charge in [0, 0.05) is 29.6 Å². The maximum Gasteiger partial charge on any atom is 0.149 e. The van der Waals surface area contributed by atoms with E-state index >= 15 is 0 Å². The maximum atomic E-state index is 10.2. The van der Waals surface area contributed by atoms with Gasteiger partial charge >= 0.3 is 0 Å². The van der Waals surface area contributed by atoms with Gasteiger partial charge in [-0.3, -0.25) is 4.40 Å². The highest BCUT2D eigenvalue weighted by atomic mass is 16.3. The van der Waals surface area contributed by atoms with E-state index in [9.17, 15) is 20.4 Å². The number of fused-ring (bicyclic) bond motifs is 2. The second-order valence-corrected chi connectivity index (χ2v) is 11.1. The van der Waals surface area contributed by atoms with Crippen LogP contribution in [0.3, 0.4) is 0 Å². The van der Waals surface area contributed by atoms with Crippen LogP contribution >= 0.6 is 0 Å². The number of para-hydroxylation sites is 4. The van der Waals surface area contributed by atoms with Crippen molar-refractivity contribution in [3.05, 3.63) is 127 Å². The Bertz CT molecular complexity index is 2030. The Morgan fingerprint density at radius 2 is 0.957 bits per heavy atom. The van der Waals surface area contributed by atoms with Crippen molar-refractivity contribution in [3.8, 4) is 68.3 Å². The molecule has 0 radical (unpaired) electrons. The second kappa shape index (κ2) is 12.2. The van der Waals surface area contributed by atoms with E-state index in [0.717, 1.165) is 59.7 Å². The summed E-state index contributed by atoms with van der Waals surface area (Å²) < 4.78 is 4.09. The van der Waals surface area contributed by atoms with Crippen molar-refractivity contribution in [1.82, 2.24) is 18.9 Å². The third-order valence-corrected chi connectivity index (χ3v) is 8.27. The van der Waals surface area contributed by atoms with Crippen LogP contribution < -0.4 is 0 Å². The number of benzene rings is 4. The number of aromatic nitrogens is 4. The van der Waals surface area contributed by atoms with Crippen molar-refractivity contribution < 1.29 is 20.4 Å². The first-order valence-corrected chi connectivity index (χ1v) is 15.2. The van der Waals surface area contributed by atoms with Gasteiger partial charge in [0.15, 0.2) is 0 Å². The Hall–Kier alpha value is -6.02. The average molecular weight is 609 g/mol. The number of hydrogen-bond donors (Lipinski definition) is 4. The highest BCUT2D eigenvalue weighted by Gasteiger charge is 2.24. The van der Waals surface area contributed by atoms with E-state index in [1.54, 1.807) is 36.4 Å². The summed E-state index contributed by atoms with van der Waals surface area (Å²) >= 11 is 0. The van der Waals surface area contributed by atoms with Gasteiger partial charge in [-0.2, -0.15) is 0 Å². The van der Waals surface area contributed by atoms with Gasteiger partial charge in [0.2, 0.25) is 0 Å². The van der Waals surface area contributed by atoms with E-state index in [-0.39, 0.29) is 23.0 Å². The Kier molecular flexibility index (Phi) is 7.60. The van der Waals surface area contributed by atoms with Crippen LogP contribution in [0.2, 0.25) is 0 Å². The Morgan fingerprint density at radius 3 is 1.54 bits per heavy atom. The molecule has 0 atom stereocenters. The lowest BCUT2D eigenvalue weighted by Crippen LogP contribution is -2.11. The minimum atomic E-state index is 0.173. The molecule has 4 aromatic carbocycles. The monoisotopic (exact) mass is 608 g/mol. The molecule has 8 heteroatoms. The lowest BCUT2D eigenvalue weighted by molar-refractivity contribution is 0.474. The van der Waals surface area contributed by atoms with Crippen LogP contribution in [0.4, 0.5) is 0 Å². The second-order valence-electron chi connectivity index (χ2n) is 11.1. The molecule has 3 aromatic heterocycles. The molecule has 0 bridgehead atoms. The van der Waals surface area contributed by atoms with Gasteiger partial charge in [-0.1, -0.05) is 54.6 Å². The van der Waals surface area contributed by atoms with Gasteiger partial charge in [0.05, 0.1) is 22.3 Å². The average Bonchev–Trinajstić information content (AvgIpc) is 3.65. The molecule has 228 valence electrons. The number of imidazole rings is 2. The Labute approximate surface area is 265 Å². The van der Waals surface area contributed by atoms with Crippen molar-refractivity contribution in [2.45, 2.75) is 25.8 Å². The third kappa shape index (κ3) is 5.20. The van der Waals surface area contributed by atoms with Crippen LogP contribution in [0.15, 0.2) is 121 Å². The molecule has 0 amide bonds. The van der Waals surface area contributed by atoms with Crippen LogP contribution in [0, 0.1) is 0 Å². The number of hydrogen-bond acceptors (Lipinski definition) is 6. The van der Waals surface area contributed by atoms with E-state index in [1.165, 1.54) is 0 Å². The molecule has 0 fully saturated rings. The number of rotatable bonds is 4. The summed E-state index contributed by atoms with van der Waals surface area (Å²) in [4.78, 5) is 9.49. The smallest absolute Gasteiger partial charge is 0.149 e. The summed E-state index contributed by atoms with van der Waals surface area (Å²) in [6.45, 7) is 0.888. The SMILES string of the molecule is Oc1ccccc1-c1nc(-c2ccccc2O)n2c1CCCC2.Oc1ccccc1-c1nc(-c2ccccc2O)n2ccccc12. The van der Waals surface area contributed by atoms with Gasteiger partial charge < -0.3 is 25.0 Å². The molecule has 4 heterocycles. The van der Waals surface area contributed by atoms with Crippen molar-refractivity contribution in [2.24, 2.45) is 0 Å². The van der Waals surface area contributed by atoms with Gasteiger partial charge in [0.1, 0.15) is 40.3 Å². The van der Waals surface area contributed by atoms with E-state index in [2.05, 4.69) is 4.57 Å². The molecular formula is C38H32N4O4. The van der Waals surface area contributed by atoms with Crippen LogP contribution in [-0.4, -0.2) is 39.4 Å². The number of phenols is 4. The normalized spacial score (nSPS) is 12.3. The molecule has 1 aliphatic rings. The molecule has 8 nitrogen and oxygen atoms in total.